The molecule has 0 bridgehead atoms. The zero-order chi connectivity index (χ0) is 29.2. The van der Waals surface area contributed by atoms with Gasteiger partial charge in [-0.1, -0.05) is 42.8 Å². The molecule has 1 aliphatic rings. The molecule has 4 rings (SSSR count). The Morgan fingerprint density at radius 1 is 0.976 bits per heavy atom. The van der Waals surface area contributed by atoms with Crippen molar-refractivity contribution in [2.45, 2.75) is 44.4 Å². The summed E-state index contributed by atoms with van der Waals surface area (Å²) >= 11 is 0. The Bertz CT molecular complexity index is 1470. The number of benzene rings is 3. The van der Waals surface area contributed by atoms with Crippen molar-refractivity contribution in [3.8, 4) is 5.75 Å². The van der Waals surface area contributed by atoms with Gasteiger partial charge >= 0.3 is 0 Å². The van der Waals surface area contributed by atoms with Crippen LogP contribution in [0.4, 0.5) is 5.69 Å². The van der Waals surface area contributed by atoms with E-state index in [4.69, 9.17) is 4.74 Å². The molecule has 3 aromatic rings. The Morgan fingerprint density at radius 2 is 1.66 bits per heavy atom. The fourth-order valence-corrected chi connectivity index (χ4v) is 6.02. The van der Waals surface area contributed by atoms with Crippen molar-refractivity contribution in [1.82, 2.24) is 10.3 Å². The Kier molecular flexibility index (Phi) is 10.1. The number of rotatable bonds is 11. The third-order valence-corrected chi connectivity index (χ3v) is 8.67. The lowest BCUT2D eigenvalue weighted by Gasteiger charge is -2.26. The van der Waals surface area contributed by atoms with Gasteiger partial charge in [0.15, 0.2) is 6.61 Å². The maximum Gasteiger partial charge on any atom is 0.264 e. The van der Waals surface area contributed by atoms with Crippen molar-refractivity contribution < 1.29 is 22.7 Å². The van der Waals surface area contributed by atoms with E-state index in [1.165, 1.54) is 6.21 Å². The van der Waals surface area contributed by atoms with E-state index in [1.807, 2.05) is 30.9 Å². The topological polar surface area (TPSA) is 108 Å². The molecule has 10 heteroatoms. The average Bonchev–Trinajstić information content (AvgIpc) is 3.00. The number of sulfonamides is 1. The van der Waals surface area contributed by atoms with Gasteiger partial charge in [-0.25, -0.2) is 13.8 Å². The number of hydrazone groups is 1. The number of para-hydroxylation sites is 1. The summed E-state index contributed by atoms with van der Waals surface area (Å²) in [5.41, 5.74) is 5.32. The highest BCUT2D eigenvalue weighted by Crippen LogP contribution is 2.27. The second-order valence-corrected chi connectivity index (χ2v) is 11.8. The first kappa shape index (κ1) is 29.8. The summed E-state index contributed by atoms with van der Waals surface area (Å²) in [7, 11) is -4.02. The highest BCUT2D eigenvalue weighted by Gasteiger charge is 2.28. The fraction of sp³-hybridized carbons (Fsp3) is 0.323. The van der Waals surface area contributed by atoms with Gasteiger partial charge in [-0.05, 0) is 86.2 Å². The molecule has 0 unspecified atom stereocenters. The Hall–Kier alpha value is -4.18. The SMILES string of the molecule is CCc1ccccc1N(CC(=O)N/N=C\c1ccc(OCC(=O)N2CCCCC2)cc1)S(=O)(=O)c1ccc(C)cc1. The number of nitrogens with one attached hydrogen (secondary N) is 1. The summed E-state index contributed by atoms with van der Waals surface area (Å²) in [6.07, 6.45) is 5.28. The van der Waals surface area contributed by atoms with Crippen LogP contribution >= 0.6 is 0 Å². The van der Waals surface area contributed by atoms with Gasteiger partial charge in [-0.15, -0.1) is 0 Å². The Morgan fingerprint density at radius 3 is 2.34 bits per heavy atom. The highest BCUT2D eigenvalue weighted by molar-refractivity contribution is 7.92. The lowest BCUT2D eigenvalue weighted by molar-refractivity contribution is -0.134. The van der Waals surface area contributed by atoms with Gasteiger partial charge in [0, 0.05) is 13.1 Å². The van der Waals surface area contributed by atoms with Crippen LogP contribution in [-0.4, -0.2) is 57.6 Å². The first-order valence-corrected chi connectivity index (χ1v) is 15.2. The Labute approximate surface area is 241 Å². The van der Waals surface area contributed by atoms with E-state index in [-0.39, 0.29) is 17.4 Å². The number of amides is 2. The van der Waals surface area contributed by atoms with Crippen molar-refractivity contribution in [3.63, 3.8) is 0 Å². The number of hydrogen-bond acceptors (Lipinski definition) is 6. The molecule has 0 radical (unpaired) electrons. The number of anilines is 1. The molecule has 0 saturated carbocycles. The van der Waals surface area contributed by atoms with E-state index in [0.29, 0.717) is 23.4 Å². The number of carbonyl (C=O) groups excluding carboxylic acids is 2. The van der Waals surface area contributed by atoms with Crippen LogP contribution in [0.1, 0.15) is 42.9 Å². The molecular weight excluding hydrogens is 540 g/mol. The summed E-state index contributed by atoms with van der Waals surface area (Å²) in [6.45, 7) is 4.93. The smallest absolute Gasteiger partial charge is 0.264 e. The molecule has 2 amide bonds. The van der Waals surface area contributed by atoms with Crippen LogP contribution in [-0.2, 0) is 26.0 Å². The van der Waals surface area contributed by atoms with Crippen molar-refractivity contribution >= 4 is 33.7 Å². The monoisotopic (exact) mass is 576 g/mol. The molecule has 3 aromatic carbocycles. The highest BCUT2D eigenvalue weighted by atomic mass is 32.2. The molecule has 1 aliphatic heterocycles. The minimum absolute atomic E-state index is 0.00729. The van der Waals surface area contributed by atoms with Crippen LogP contribution in [0, 0.1) is 6.92 Å². The molecule has 1 saturated heterocycles. The van der Waals surface area contributed by atoms with E-state index in [0.717, 1.165) is 47.8 Å². The minimum Gasteiger partial charge on any atom is -0.484 e. The zero-order valence-electron chi connectivity index (χ0n) is 23.5. The third-order valence-electron chi connectivity index (χ3n) is 6.89. The third kappa shape index (κ3) is 7.94. The lowest BCUT2D eigenvalue weighted by Crippen LogP contribution is -2.40. The largest absolute Gasteiger partial charge is 0.484 e. The standard InChI is InChI=1S/C31H36N4O5S/c1-3-26-9-5-6-10-29(26)35(41(38,39)28-17-11-24(2)12-18-28)22-30(36)33-32-21-25-13-15-27(16-14-25)40-23-31(37)34-19-7-4-8-20-34/h5-6,9-18,21H,3-4,7-8,19-20,22-23H2,1-2H3,(H,33,36)/b32-21-. The predicted molar refractivity (Wildman–Crippen MR) is 160 cm³/mol. The summed E-state index contributed by atoms with van der Waals surface area (Å²) in [5.74, 6) is -0.0415. The summed E-state index contributed by atoms with van der Waals surface area (Å²) in [5, 5.41) is 4.01. The van der Waals surface area contributed by atoms with Crippen molar-refractivity contribution in [2.24, 2.45) is 5.10 Å². The summed E-state index contributed by atoms with van der Waals surface area (Å²) in [6, 6.07) is 20.6. The van der Waals surface area contributed by atoms with Crippen LogP contribution in [0.2, 0.25) is 0 Å². The van der Waals surface area contributed by atoms with Crippen LogP contribution in [0.25, 0.3) is 0 Å². The predicted octanol–water partition coefficient (Wildman–Crippen LogP) is 4.29. The van der Waals surface area contributed by atoms with E-state index < -0.39 is 22.5 Å². The van der Waals surface area contributed by atoms with Gasteiger partial charge < -0.3 is 9.64 Å². The van der Waals surface area contributed by atoms with Crippen molar-refractivity contribution in [2.75, 3.05) is 30.5 Å². The molecule has 0 aromatic heterocycles. The molecule has 0 aliphatic carbocycles. The van der Waals surface area contributed by atoms with E-state index in [2.05, 4.69) is 10.5 Å². The van der Waals surface area contributed by atoms with Gasteiger partial charge in [-0.2, -0.15) is 5.10 Å². The zero-order valence-corrected chi connectivity index (χ0v) is 24.3. The minimum atomic E-state index is -4.02. The van der Waals surface area contributed by atoms with Crippen LogP contribution in [0.3, 0.4) is 0 Å². The van der Waals surface area contributed by atoms with E-state index >= 15 is 0 Å². The fourth-order valence-electron chi connectivity index (χ4n) is 4.56. The molecule has 1 heterocycles. The molecule has 9 nitrogen and oxygen atoms in total. The number of piperidine rings is 1. The number of hydrogen-bond donors (Lipinski definition) is 1. The number of aryl methyl sites for hydroxylation is 2. The van der Waals surface area contributed by atoms with Crippen LogP contribution in [0.5, 0.6) is 5.75 Å². The van der Waals surface area contributed by atoms with Crippen LogP contribution < -0.4 is 14.5 Å². The quantitative estimate of drug-likeness (QED) is 0.271. The number of carbonyl (C=O) groups is 2. The van der Waals surface area contributed by atoms with Gasteiger partial charge in [-0.3, -0.25) is 13.9 Å². The van der Waals surface area contributed by atoms with E-state index in [1.54, 1.807) is 60.7 Å². The van der Waals surface area contributed by atoms with Gasteiger partial charge in [0.05, 0.1) is 16.8 Å². The van der Waals surface area contributed by atoms with Crippen LogP contribution in [0.15, 0.2) is 82.8 Å². The lowest BCUT2D eigenvalue weighted by atomic mass is 10.1. The summed E-state index contributed by atoms with van der Waals surface area (Å²) in [4.78, 5) is 27.1. The second-order valence-electron chi connectivity index (χ2n) is 9.90. The summed E-state index contributed by atoms with van der Waals surface area (Å²) < 4.78 is 34.0. The van der Waals surface area contributed by atoms with Gasteiger partial charge in [0.2, 0.25) is 0 Å². The second kappa shape index (κ2) is 13.9. The molecule has 0 atom stereocenters. The first-order valence-electron chi connectivity index (χ1n) is 13.8. The maximum absolute atomic E-state index is 13.6. The van der Waals surface area contributed by atoms with Gasteiger partial charge in [0.25, 0.3) is 21.8 Å². The number of likely N-dealkylation sites (tertiary alicyclic amines) is 1. The number of ether oxygens (including phenoxy) is 1. The molecule has 41 heavy (non-hydrogen) atoms. The molecule has 1 N–H and O–H groups in total. The van der Waals surface area contributed by atoms with Gasteiger partial charge in [0.1, 0.15) is 12.3 Å². The molecule has 0 spiro atoms. The van der Waals surface area contributed by atoms with Crippen molar-refractivity contribution in [1.29, 1.82) is 0 Å². The Balaban J connectivity index is 1.39. The molecule has 1 fully saturated rings. The number of nitrogens with zero attached hydrogens (tertiary/aromatic N) is 3. The normalized spacial score (nSPS) is 13.7. The van der Waals surface area contributed by atoms with Crippen molar-refractivity contribution in [3.05, 3.63) is 89.5 Å². The maximum atomic E-state index is 13.6. The molecular formula is C31H36N4O5S. The average molecular weight is 577 g/mol. The first-order chi connectivity index (χ1) is 19.8. The molecule has 216 valence electrons. The van der Waals surface area contributed by atoms with E-state index in [9.17, 15) is 18.0 Å².